The Morgan fingerprint density at radius 3 is 2.37 bits per heavy atom. The van der Waals surface area contributed by atoms with Crippen LogP contribution in [0.1, 0.15) is 24.2 Å². The molecule has 5 nitrogen and oxygen atoms in total. The average molecular weight is 278 g/mol. The number of rotatable bonds is 4. The molecule has 0 atom stereocenters. The molecule has 0 saturated carbocycles. The molecule has 1 heterocycles. The van der Waals surface area contributed by atoms with Crippen molar-refractivity contribution in [2.24, 2.45) is 0 Å². The van der Waals surface area contributed by atoms with E-state index in [-0.39, 0.29) is 10.6 Å². The minimum atomic E-state index is -3.59. The highest BCUT2D eigenvalue weighted by Crippen LogP contribution is 2.22. The van der Waals surface area contributed by atoms with E-state index in [1.807, 2.05) is 6.07 Å². The van der Waals surface area contributed by atoms with Gasteiger partial charge in [0.15, 0.2) is 21.1 Å². The van der Waals surface area contributed by atoms with Crippen molar-refractivity contribution in [2.75, 3.05) is 0 Å². The van der Waals surface area contributed by atoms with Crippen molar-refractivity contribution in [2.45, 2.75) is 24.1 Å². The summed E-state index contributed by atoms with van der Waals surface area (Å²) in [6.45, 7) is 3.15. The molecule has 0 bridgehead atoms. The summed E-state index contributed by atoms with van der Waals surface area (Å²) >= 11 is 0. The average Bonchev–Trinajstić information content (AvgIpc) is 2.84. The van der Waals surface area contributed by atoms with Crippen LogP contribution >= 0.6 is 0 Å². The quantitative estimate of drug-likeness (QED) is 0.801. The molecule has 0 aliphatic rings. The number of carbonyl (C=O) groups excluding carboxylic acids is 1. The predicted molar refractivity (Wildman–Crippen MR) is 71.3 cm³/mol. The molecule has 0 radical (unpaired) electrons. The number of sulfone groups is 1. The molecule has 100 valence electrons. The van der Waals surface area contributed by atoms with Crippen LogP contribution in [0.15, 0.2) is 41.6 Å². The third kappa shape index (κ3) is 2.31. The van der Waals surface area contributed by atoms with Crippen molar-refractivity contribution in [3.63, 3.8) is 0 Å². The Morgan fingerprint density at radius 1 is 1.21 bits per heavy atom. The maximum absolute atomic E-state index is 12.3. The van der Waals surface area contributed by atoms with E-state index in [1.54, 1.807) is 38.1 Å². The molecule has 1 aromatic carbocycles. The smallest absolute Gasteiger partial charge is 0.198 e. The summed E-state index contributed by atoms with van der Waals surface area (Å²) in [7, 11) is -3.59. The number of benzene rings is 1. The molecule has 19 heavy (non-hydrogen) atoms. The van der Waals surface area contributed by atoms with E-state index in [9.17, 15) is 13.2 Å². The number of carbonyl (C=O) groups is 1. The lowest BCUT2D eigenvalue weighted by molar-refractivity contribution is 0.112. The molecular formula is C13H14N2O3S. The van der Waals surface area contributed by atoms with E-state index >= 15 is 0 Å². The van der Waals surface area contributed by atoms with E-state index in [2.05, 4.69) is 5.10 Å². The Hall–Kier alpha value is -1.95. The highest BCUT2D eigenvalue weighted by Gasteiger charge is 2.28. The van der Waals surface area contributed by atoms with E-state index in [4.69, 9.17) is 0 Å². The SMILES string of the molecule is CC(C)S(=O)(=O)c1c(C=O)cnn1-c1ccccc1. The van der Waals surface area contributed by atoms with Crippen molar-refractivity contribution >= 4 is 16.1 Å². The molecule has 1 aromatic heterocycles. The van der Waals surface area contributed by atoms with Gasteiger partial charge >= 0.3 is 0 Å². The number of hydrogen-bond acceptors (Lipinski definition) is 4. The van der Waals surface area contributed by atoms with Crippen molar-refractivity contribution in [3.05, 3.63) is 42.1 Å². The number of nitrogens with zero attached hydrogens (tertiary/aromatic N) is 2. The lowest BCUT2D eigenvalue weighted by Crippen LogP contribution is -2.19. The molecular weight excluding hydrogens is 264 g/mol. The standard InChI is InChI=1S/C13H14N2O3S/c1-10(2)19(17,18)13-11(9-16)8-14-15(13)12-6-4-3-5-7-12/h3-10H,1-2H3. The largest absolute Gasteiger partial charge is 0.298 e. The van der Waals surface area contributed by atoms with Crippen LogP contribution in [0.25, 0.3) is 5.69 Å². The molecule has 0 N–H and O–H groups in total. The fraction of sp³-hybridized carbons (Fsp3) is 0.231. The molecule has 0 amide bonds. The van der Waals surface area contributed by atoms with Crippen LogP contribution in [-0.2, 0) is 9.84 Å². The molecule has 2 aromatic rings. The summed E-state index contributed by atoms with van der Waals surface area (Å²) in [5.74, 6) is 0. The number of aldehydes is 1. The molecule has 0 spiro atoms. The van der Waals surface area contributed by atoms with Gasteiger partial charge in [0, 0.05) is 0 Å². The fourth-order valence-corrected chi connectivity index (χ4v) is 2.96. The van der Waals surface area contributed by atoms with Gasteiger partial charge in [0.1, 0.15) is 0 Å². The molecule has 6 heteroatoms. The lowest BCUT2D eigenvalue weighted by Gasteiger charge is -2.11. The summed E-state index contributed by atoms with van der Waals surface area (Å²) < 4.78 is 26.0. The van der Waals surface area contributed by atoms with Gasteiger partial charge in [0.25, 0.3) is 0 Å². The Labute approximate surface area is 111 Å². The van der Waals surface area contributed by atoms with Gasteiger partial charge in [-0.25, -0.2) is 13.1 Å². The van der Waals surface area contributed by atoms with Crippen LogP contribution in [-0.4, -0.2) is 29.7 Å². The zero-order valence-electron chi connectivity index (χ0n) is 10.6. The summed E-state index contributed by atoms with van der Waals surface area (Å²) in [5, 5.41) is 3.34. The predicted octanol–water partition coefficient (Wildman–Crippen LogP) is 1.87. The minimum Gasteiger partial charge on any atom is -0.298 e. The van der Waals surface area contributed by atoms with E-state index in [1.165, 1.54) is 10.9 Å². The zero-order valence-corrected chi connectivity index (χ0v) is 11.5. The van der Waals surface area contributed by atoms with Gasteiger partial charge in [-0.2, -0.15) is 5.10 Å². The van der Waals surface area contributed by atoms with Gasteiger partial charge in [-0.3, -0.25) is 4.79 Å². The molecule has 0 aliphatic carbocycles. The first kappa shape index (κ1) is 13.5. The third-order valence-corrected chi connectivity index (χ3v) is 4.96. The number of aromatic nitrogens is 2. The molecule has 0 saturated heterocycles. The van der Waals surface area contributed by atoms with Crippen LogP contribution in [0.5, 0.6) is 0 Å². The molecule has 2 rings (SSSR count). The van der Waals surface area contributed by atoms with Crippen LogP contribution in [0.2, 0.25) is 0 Å². The third-order valence-electron chi connectivity index (χ3n) is 2.77. The van der Waals surface area contributed by atoms with Gasteiger partial charge in [0.2, 0.25) is 0 Å². The van der Waals surface area contributed by atoms with Gasteiger partial charge in [0.05, 0.1) is 22.7 Å². The Balaban J connectivity index is 2.73. The highest BCUT2D eigenvalue weighted by atomic mass is 32.2. The van der Waals surface area contributed by atoms with Gasteiger partial charge in [-0.1, -0.05) is 18.2 Å². The fourth-order valence-electron chi connectivity index (χ4n) is 1.69. The number of para-hydroxylation sites is 1. The Bertz CT molecular complexity index is 688. The van der Waals surface area contributed by atoms with Crippen molar-refractivity contribution in [1.29, 1.82) is 0 Å². The second-order valence-electron chi connectivity index (χ2n) is 4.36. The van der Waals surface area contributed by atoms with Crippen LogP contribution < -0.4 is 0 Å². The van der Waals surface area contributed by atoms with E-state index in [0.29, 0.717) is 12.0 Å². The van der Waals surface area contributed by atoms with Crippen LogP contribution in [0.4, 0.5) is 0 Å². The second-order valence-corrected chi connectivity index (χ2v) is 6.78. The van der Waals surface area contributed by atoms with Crippen LogP contribution in [0.3, 0.4) is 0 Å². The lowest BCUT2D eigenvalue weighted by atomic mass is 10.3. The Kier molecular flexibility index (Phi) is 3.53. The monoisotopic (exact) mass is 278 g/mol. The normalized spacial score (nSPS) is 11.7. The van der Waals surface area contributed by atoms with Crippen LogP contribution in [0, 0.1) is 0 Å². The minimum absolute atomic E-state index is 0.0521. The zero-order chi connectivity index (χ0) is 14.0. The van der Waals surface area contributed by atoms with Crippen molar-refractivity contribution in [3.8, 4) is 5.69 Å². The van der Waals surface area contributed by atoms with Crippen molar-refractivity contribution in [1.82, 2.24) is 9.78 Å². The second kappa shape index (κ2) is 4.97. The first-order valence-electron chi connectivity index (χ1n) is 5.81. The van der Waals surface area contributed by atoms with Gasteiger partial charge in [-0.05, 0) is 26.0 Å². The molecule has 0 fully saturated rings. The summed E-state index contributed by atoms with van der Waals surface area (Å²) in [4.78, 5) is 11.0. The first-order chi connectivity index (χ1) is 8.98. The summed E-state index contributed by atoms with van der Waals surface area (Å²) in [5.41, 5.74) is 0.687. The summed E-state index contributed by atoms with van der Waals surface area (Å²) in [6, 6.07) is 8.86. The number of hydrogen-bond donors (Lipinski definition) is 0. The molecule has 0 unspecified atom stereocenters. The van der Waals surface area contributed by atoms with Crippen molar-refractivity contribution < 1.29 is 13.2 Å². The van der Waals surface area contributed by atoms with Gasteiger partial charge < -0.3 is 0 Å². The maximum Gasteiger partial charge on any atom is 0.198 e. The molecule has 0 aliphatic heterocycles. The Morgan fingerprint density at radius 2 is 1.84 bits per heavy atom. The maximum atomic E-state index is 12.3. The topological polar surface area (TPSA) is 69.0 Å². The van der Waals surface area contributed by atoms with E-state index < -0.39 is 15.1 Å². The van der Waals surface area contributed by atoms with E-state index in [0.717, 1.165) is 0 Å². The highest BCUT2D eigenvalue weighted by molar-refractivity contribution is 7.92. The first-order valence-corrected chi connectivity index (χ1v) is 7.35. The summed E-state index contributed by atoms with van der Waals surface area (Å²) in [6.07, 6.45) is 1.79. The van der Waals surface area contributed by atoms with Gasteiger partial charge in [-0.15, -0.1) is 0 Å².